The summed E-state index contributed by atoms with van der Waals surface area (Å²) in [5, 5.41) is 4.55. The highest BCUT2D eigenvalue weighted by atomic mass is 16.1. The minimum Gasteiger partial charge on any atom is -0.361 e. The number of benzene rings is 2. The van der Waals surface area contributed by atoms with Crippen molar-refractivity contribution in [2.75, 3.05) is 6.54 Å². The van der Waals surface area contributed by atoms with Crippen LogP contribution in [0.3, 0.4) is 0 Å². The van der Waals surface area contributed by atoms with Crippen LogP contribution in [0.2, 0.25) is 0 Å². The van der Waals surface area contributed by atoms with Crippen molar-refractivity contribution in [2.45, 2.75) is 19.9 Å². The quantitative estimate of drug-likeness (QED) is 0.574. The Balaban J connectivity index is 1.52. The Morgan fingerprint density at radius 2 is 2.04 bits per heavy atom. The van der Waals surface area contributed by atoms with E-state index in [4.69, 9.17) is 0 Å². The number of amides is 1. The summed E-state index contributed by atoms with van der Waals surface area (Å²) in [6.07, 6.45) is 2.50. The number of H-pyrrole nitrogens is 1. The molecule has 0 fully saturated rings. The average Bonchev–Trinajstić information content (AvgIpc) is 3.17. The van der Waals surface area contributed by atoms with E-state index in [0.29, 0.717) is 36.0 Å². The van der Waals surface area contributed by atoms with Crippen molar-refractivity contribution >= 4 is 27.7 Å². The lowest BCUT2D eigenvalue weighted by Crippen LogP contribution is -2.33. The number of aromatic nitrogens is 3. The summed E-state index contributed by atoms with van der Waals surface area (Å²) in [5.74, 6) is 0.562. The molecule has 4 aromatic rings. The zero-order valence-corrected chi connectivity index (χ0v) is 15.0. The van der Waals surface area contributed by atoms with Gasteiger partial charge in [0.25, 0.3) is 11.5 Å². The van der Waals surface area contributed by atoms with Crippen molar-refractivity contribution in [3.63, 3.8) is 0 Å². The Labute approximate surface area is 155 Å². The Morgan fingerprint density at radius 3 is 2.89 bits per heavy atom. The maximum atomic E-state index is 12.8. The zero-order valence-electron chi connectivity index (χ0n) is 15.0. The highest BCUT2D eigenvalue weighted by Gasteiger charge is 2.11. The topological polar surface area (TPSA) is 79.8 Å². The molecule has 2 aromatic carbocycles. The molecule has 0 atom stereocenters. The van der Waals surface area contributed by atoms with Gasteiger partial charge in [-0.2, -0.15) is 0 Å². The Hall–Kier alpha value is -3.41. The molecule has 0 bridgehead atoms. The second kappa shape index (κ2) is 7.07. The second-order valence-corrected chi connectivity index (χ2v) is 6.39. The molecule has 2 N–H and O–H groups in total. The molecule has 0 aliphatic heterocycles. The van der Waals surface area contributed by atoms with Crippen LogP contribution in [-0.4, -0.2) is 27.0 Å². The number of carbonyl (C=O) groups is 1. The molecule has 136 valence electrons. The van der Waals surface area contributed by atoms with Gasteiger partial charge in [-0.15, -0.1) is 0 Å². The predicted molar refractivity (Wildman–Crippen MR) is 106 cm³/mol. The summed E-state index contributed by atoms with van der Waals surface area (Å²) in [6, 6.07) is 14.8. The van der Waals surface area contributed by atoms with Gasteiger partial charge in [0.15, 0.2) is 0 Å². The van der Waals surface area contributed by atoms with Crippen LogP contribution in [0.25, 0.3) is 21.8 Å². The smallest absolute Gasteiger partial charge is 0.261 e. The van der Waals surface area contributed by atoms with E-state index >= 15 is 0 Å². The largest absolute Gasteiger partial charge is 0.361 e. The van der Waals surface area contributed by atoms with Crippen LogP contribution in [0.1, 0.15) is 23.1 Å². The van der Waals surface area contributed by atoms with Gasteiger partial charge in [-0.1, -0.05) is 25.1 Å². The van der Waals surface area contributed by atoms with Gasteiger partial charge in [0.05, 0.1) is 10.9 Å². The maximum Gasteiger partial charge on any atom is 0.261 e. The van der Waals surface area contributed by atoms with Crippen molar-refractivity contribution in [3.8, 4) is 0 Å². The molecule has 2 heterocycles. The number of rotatable bonds is 5. The van der Waals surface area contributed by atoms with Crippen LogP contribution in [-0.2, 0) is 13.0 Å². The van der Waals surface area contributed by atoms with Gasteiger partial charge in [0.1, 0.15) is 5.82 Å². The molecular weight excluding hydrogens is 340 g/mol. The monoisotopic (exact) mass is 360 g/mol. The third-order valence-electron chi connectivity index (χ3n) is 4.70. The van der Waals surface area contributed by atoms with Crippen LogP contribution >= 0.6 is 0 Å². The number of nitrogens with zero attached hydrogens (tertiary/aromatic N) is 2. The number of fused-ring (bicyclic) bond motifs is 2. The molecule has 6 heteroatoms. The summed E-state index contributed by atoms with van der Waals surface area (Å²) in [6.45, 7) is 2.71. The summed E-state index contributed by atoms with van der Waals surface area (Å²) in [5.41, 5.74) is 2.15. The van der Waals surface area contributed by atoms with Crippen molar-refractivity contribution in [3.05, 3.63) is 76.5 Å². The lowest BCUT2D eigenvalue weighted by Gasteiger charge is -2.13. The van der Waals surface area contributed by atoms with Crippen LogP contribution in [0.4, 0.5) is 0 Å². The molecule has 0 unspecified atom stereocenters. The number of hydrogen-bond acceptors (Lipinski definition) is 3. The fraction of sp³-hybridized carbons (Fsp3) is 0.190. The van der Waals surface area contributed by atoms with E-state index in [2.05, 4.69) is 15.3 Å². The van der Waals surface area contributed by atoms with E-state index in [1.54, 1.807) is 16.7 Å². The van der Waals surface area contributed by atoms with Gasteiger partial charge in [0, 0.05) is 36.8 Å². The first-order valence-electron chi connectivity index (χ1n) is 9.01. The molecule has 0 spiro atoms. The first-order valence-corrected chi connectivity index (χ1v) is 9.01. The molecule has 0 aliphatic carbocycles. The molecule has 4 rings (SSSR count). The molecule has 2 aromatic heterocycles. The fourth-order valence-corrected chi connectivity index (χ4v) is 3.29. The highest BCUT2D eigenvalue weighted by molar-refractivity contribution is 5.97. The predicted octanol–water partition coefficient (Wildman–Crippen LogP) is 2.87. The number of para-hydroxylation sites is 1. The van der Waals surface area contributed by atoms with Gasteiger partial charge in [-0.3, -0.25) is 14.2 Å². The number of aromatic amines is 1. The van der Waals surface area contributed by atoms with Crippen molar-refractivity contribution in [2.24, 2.45) is 0 Å². The van der Waals surface area contributed by atoms with Gasteiger partial charge in [-0.25, -0.2) is 4.98 Å². The maximum absolute atomic E-state index is 12.8. The fourth-order valence-electron chi connectivity index (χ4n) is 3.29. The summed E-state index contributed by atoms with van der Waals surface area (Å²) >= 11 is 0. The number of aryl methyl sites for hydroxylation is 1. The molecule has 0 saturated heterocycles. The number of hydrogen-bond donors (Lipinski definition) is 2. The normalized spacial score (nSPS) is 11.1. The van der Waals surface area contributed by atoms with Gasteiger partial charge >= 0.3 is 0 Å². The van der Waals surface area contributed by atoms with Gasteiger partial charge in [0.2, 0.25) is 0 Å². The van der Waals surface area contributed by atoms with Crippen LogP contribution in [0, 0.1) is 0 Å². The lowest BCUT2D eigenvalue weighted by atomic mass is 10.1. The number of nitrogens with one attached hydrogen (secondary N) is 2. The minimum atomic E-state index is -0.161. The minimum absolute atomic E-state index is 0.0699. The third kappa shape index (κ3) is 3.21. The zero-order chi connectivity index (χ0) is 18.8. The van der Waals surface area contributed by atoms with E-state index in [1.165, 1.54) is 0 Å². The molecule has 6 nitrogen and oxygen atoms in total. The first kappa shape index (κ1) is 17.0. The lowest BCUT2D eigenvalue weighted by molar-refractivity contribution is 0.0952. The molecule has 0 saturated carbocycles. The summed E-state index contributed by atoms with van der Waals surface area (Å²) in [4.78, 5) is 32.9. The van der Waals surface area contributed by atoms with Gasteiger partial charge in [-0.05, 0) is 35.7 Å². The molecule has 0 aliphatic rings. The second-order valence-electron chi connectivity index (χ2n) is 6.39. The van der Waals surface area contributed by atoms with E-state index < -0.39 is 0 Å². The van der Waals surface area contributed by atoms with Crippen molar-refractivity contribution in [1.82, 2.24) is 19.9 Å². The van der Waals surface area contributed by atoms with E-state index in [-0.39, 0.29) is 11.5 Å². The van der Waals surface area contributed by atoms with Crippen LogP contribution in [0.5, 0.6) is 0 Å². The van der Waals surface area contributed by atoms with Crippen LogP contribution in [0.15, 0.2) is 59.5 Å². The molecule has 1 amide bonds. The Morgan fingerprint density at radius 1 is 1.19 bits per heavy atom. The van der Waals surface area contributed by atoms with E-state index in [1.807, 2.05) is 49.5 Å². The molecular formula is C21H20N4O2. The third-order valence-corrected chi connectivity index (χ3v) is 4.70. The Bertz CT molecular complexity index is 1190. The standard InChI is InChI=1S/C21H20N4O2/c1-2-19-24-17-6-4-3-5-16(17)21(27)25(19)12-11-23-20(26)15-8-7-14-9-10-22-18(14)13-15/h3-10,13,22H,2,11-12H2,1H3,(H,23,26). The average molecular weight is 360 g/mol. The summed E-state index contributed by atoms with van der Waals surface area (Å²) in [7, 11) is 0. The Kier molecular flexibility index (Phi) is 4.46. The van der Waals surface area contributed by atoms with Crippen molar-refractivity contribution in [1.29, 1.82) is 0 Å². The first-order chi connectivity index (χ1) is 13.2. The van der Waals surface area contributed by atoms with E-state index in [0.717, 1.165) is 16.7 Å². The number of carbonyl (C=O) groups excluding carboxylic acids is 1. The highest BCUT2D eigenvalue weighted by Crippen LogP contribution is 2.14. The van der Waals surface area contributed by atoms with E-state index in [9.17, 15) is 9.59 Å². The summed E-state index contributed by atoms with van der Waals surface area (Å²) < 4.78 is 1.65. The molecule has 0 radical (unpaired) electrons. The van der Waals surface area contributed by atoms with Gasteiger partial charge < -0.3 is 10.3 Å². The SMILES string of the molecule is CCc1nc2ccccc2c(=O)n1CCNC(=O)c1ccc2cc[nH]c2c1. The van der Waals surface area contributed by atoms with Crippen LogP contribution < -0.4 is 10.9 Å². The molecule has 27 heavy (non-hydrogen) atoms. The van der Waals surface area contributed by atoms with Crippen molar-refractivity contribution < 1.29 is 4.79 Å².